The highest BCUT2D eigenvalue weighted by Crippen LogP contribution is 2.24. The van der Waals surface area contributed by atoms with Crippen LogP contribution in [0.2, 0.25) is 5.02 Å². The van der Waals surface area contributed by atoms with E-state index in [1.54, 1.807) is 17.8 Å². The highest BCUT2D eigenvalue weighted by molar-refractivity contribution is 7.99. The fourth-order valence-corrected chi connectivity index (χ4v) is 3.92. The molecule has 96 valence electrons. The molecule has 0 heterocycles. The Morgan fingerprint density at radius 1 is 1.41 bits per heavy atom. The Bertz CT molecular complexity index is 474. The number of anilines is 1. The first-order valence-corrected chi connectivity index (χ1v) is 8.51. The van der Waals surface area contributed by atoms with Crippen LogP contribution in [0.5, 0.6) is 0 Å². The predicted molar refractivity (Wildman–Crippen MR) is 75.5 cm³/mol. The van der Waals surface area contributed by atoms with E-state index in [1.165, 1.54) is 12.1 Å². The van der Waals surface area contributed by atoms with Crippen molar-refractivity contribution in [2.45, 2.75) is 18.2 Å². The highest BCUT2D eigenvalue weighted by Gasteiger charge is 2.17. The molecule has 0 amide bonds. The molecule has 0 aromatic heterocycles. The minimum absolute atomic E-state index is 0.116. The average molecular weight is 294 g/mol. The van der Waals surface area contributed by atoms with Crippen LogP contribution in [0.15, 0.2) is 23.1 Å². The van der Waals surface area contributed by atoms with E-state index in [-0.39, 0.29) is 16.3 Å². The molecule has 6 heteroatoms. The van der Waals surface area contributed by atoms with Crippen molar-refractivity contribution in [3.05, 3.63) is 23.2 Å². The monoisotopic (exact) mass is 293 g/mol. The SMILES string of the molecule is CCSCCCS(=O)(=O)c1cc(Cl)ccc1N. The van der Waals surface area contributed by atoms with Crippen molar-refractivity contribution in [2.75, 3.05) is 23.0 Å². The summed E-state index contributed by atoms with van der Waals surface area (Å²) < 4.78 is 24.0. The van der Waals surface area contributed by atoms with E-state index in [0.717, 1.165) is 11.5 Å². The molecule has 1 aromatic rings. The molecule has 0 unspecified atom stereocenters. The zero-order valence-corrected chi connectivity index (χ0v) is 12.0. The fourth-order valence-electron chi connectivity index (χ4n) is 1.38. The van der Waals surface area contributed by atoms with Gasteiger partial charge in [0.25, 0.3) is 0 Å². The molecule has 0 aliphatic rings. The maximum atomic E-state index is 12.0. The topological polar surface area (TPSA) is 60.2 Å². The zero-order chi connectivity index (χ0) is 12.9. The Balaban J connectivity index is 2.79. The molecular formula is C11H16ClNO2S2. The van der Waals surface area contributed by atoms with Crippen LogP contribution in [-0.4, -0.2) is 25.7 Å². The van der Waals surface area contributed by atoms with Gasteiger partial charge in [-0.3, -0.25) is 0 Å². The van der Waals surface area contributed by atoms with Crippen molar-refractivity contribution in [2.24, 2.45) is 0 Å². The summed E-state index contributed by atoms with van der Waals surface area (Å²) in [6, 6.07) is 4.53. The largest absolute Gasteiger partial charge is 0.398 e. The second kappa shape index (κ2) is 6.52. The lowest BCUT2D eigenvalue weighted by molar-refractivity contribution is 0.595. The van der Waals surface area contributed by atoms with E-state index in [9.17, 15) is 8.42 Å². The molecule has 3 nitrogen and oxygen atoms in total. The zero-order valence-electron chi connectivity index (χ0n) is 9.65. The summed E-state index contributed by atoms with van der Waals surface area (Å²) in [6.07, 6.45) is 0.632. The lowest BCUT2D eigenvalue weighted by Crippen LogP contribution is -2.10. The fraction of sp³-hybridized carbons (Fsp3) is 0.455. The number of nitrogens with two attached hydrogens (primary N) is 1. The van der Waals surface area contributed by atoms with Gasteiger partial charge < -0.3 is 5.73 Å². The summed E-state index contributed by atoms with van der Waals surface area (Å²) in [5.41, 5.74) is 5.92. The van der Waals surface area contributed by atoms with Gasteiger partial charge in [0.1, 0.15) is 0 Å². The summed E-state index contributed by atoms with van der Waals surface area (Å²) in [7, 11) is -3.32. The number of hydrogen-bond acceptors (Lipinski definition) is 4. The molecule has 1 aromatic carbocycles. The summed E-state index contributed by atoms with van der Waals surface area (Å²) >= 11 is 7.51. The number of benzene rings is 1. The lowest BCUT2D eigenvalue weighted by Gasteiger charge is -2.07. The maximum absolute atomic E-state index is 12.0. The van der Waals surface area contributed by atoms with Gasteiger partial charge in [-0.25, -0.2) is 8.42 Å². The van der Waals surface area contributed by atoms with Gasteiger partial charge in [0, 0.05) is 5.02 Å². The third kappa shape index (κ3) is 4.41. The Morgan fingerprint density at radius 3 is 2.76 bits per heavy atom. The van der Waals surface area contributed by atoms with Crippen LogP contribution in [0.1, 0.15) is 13.3 Å². The van der Waals surface area contributed by atoms with Crippen molar-refractivity contribution in [1.29, 1.82) is 0 Å². The molecule has 0 aliphatic heterocycles. The van der Waals surface area contributed by atoms with Crippen LogP contribution in [0.25, 0.3) is 0 Å². The smallest absolute Gasteiger partial charge is 0.180 e. The van der Waals surface area contributed by atoms with E-state index in [0.29, 0.717) is 11.4 Å². The van der Waals surface area contributed by atoms with Gasteiger partial charge >= 0.3 is 0 Å². The number of rotatable bonds is 6. The number of nitrogen functional groups attached to an aromatic ring is 1. The first-order valence-electron chi connectivity index (χ1n) is 5.33. The van der Waals surface area contributed by atoms with E-state index >= 15 is 0 Å². The van der Waals surface area contributed by atoms with Gasteiger partial charge in [0.2, 0.25) is 0 Å². The minimum atomic E-state index is -3.32. The molecule has 0 saturated carbocycles. The summed E-state index contributed by atoms with van der Waals surface area (Å²) in [6.45, 7) is 2.05. The highest BCUT2D eigenvalue weighted by atomic mass is 35.5. The van der Waals surface area contributed by atoms with Gasteiger partial charge in [-0.2, -0.15) is 11.8 Å². The van der Waals surface area contributed by atoms with Crippen LogP contribution in [0.4, 0.5) is 5.69 Å². The van der Waals surface area contributed by atoms with Gasteiger partial charge in [-0.05, 0) is 36.1 Å². The number of thioether (sulfide) groups is 1. The van der Waals surface area contributed by atoms with Gasteiger partial charge in [-0.15, -0.1) is 0 Å². The van der Waals surface area contributed by atoms with Crippen molar-refractivity contribution >= 4 is 38.9 Å². The first kappa shape index (κ1) is 14.7. The Kier molecular flexibility index (Phi) is 5.62. The summed E-state index contributed by atoms with van der Waals surface area (Å²) in [5.74, 6) is 1.96. The second-order valence-corrected chi connectivity index (χ2v) is 7.46. The Morgan fingerprint density at radius 2 is 2.12 bits per heavy atom. The van der Waals surface area contributed by atoms with Crippen LogP contribution in [0, 0.1) is 0 Å². The van der Waals surface area contributed by atoms with Crippen LogP contribution >= 0.6 is 23.4 Å². The van der Waals surface area contributed by atoms with Crippen molar-refractivity contribution in [3.8, 4) is 0 Å². The van der Waals surface area contributed by atoms with Crippen molar-refractivity contribution in [3.63, 3.8) is 0 Å². The molecule has 0 saturated heterocycles. The van der Waals surface area contributed by atoms with Gasteiger partial charge in [-0.1, -0.05) is 18.5 Å². The van der Waals surface area contributed by atoms with Crippen LogP contribution in [0.3, 0.4) is 0 Å². The summed E-state index contributed by atoms with van der Waals surface area (Å²) in [5, 5.41) is 0.390. The third-order valence-corrected chi connectivity index (χ3v) is 5.29. The van der Waals surface area contributed by atoms with Crippen LogP contribution < -0.4 is 5.73 Å². The van der Waals surface area contributed by atoms with E-state index in [1.807, 2.05) is 6.92 Å². The molecule has 0 bridgehead atoms. The molecule has 1 rings (SSSR count). The Hall–Kier alpha value is -0.390. The maximum Gasteiger partial charge on any atom is 0.180 e. The molecule has 0 spiro atoms. The lowest BCUT2D eigenvalue weighted by atomic mass is 10.3. The summed E-state index contributed by atoms with van der Waals surface area (Å²) in [4.78, 5) is 0.145. The predicted octanol–water partition coefficient (Wildman–Crippen LogP) is 2.84. The van der Waals surface area contributed by atoms with Crippen molar-refractivity contribution < 1.29 is 8.42 Å². The minimum Gasteiger partial charge on any atom is -0.398 e. The standard InChI is InChI=1S/C11H16ClNO2S2/c1-2-16-6-3-7-17(14,15)11-8-9(12)4-5-10(11)13/h4-5,8H,2-3,6-7,13H2,1H3. The first-order chi connectivity index (χ1) is 7.97. The molecule has 0 aliphatic carbocycles. The van der Waals surface area contributed by atoms with E-state index < -0.39 is 9.84 Å². The van der Waals surface area contributed by atoms with Crippen LogP contribution in [-0.2, 0) is 9.84 Å². The third-order valence-electron chi connectivity index (χ3n) is 2.22. The van der Waals surface area contributed by atoms with E-state index in [4.69, 9.17) is 17.3 Å². The molecule has 0 fully saturated rings. The molecule has 0 radical (unpaired) electrons. The molecule has 17 heavy (non-hydrogen) atoms. The number of sulfone groups is 1. The Labute approximate surface area is 112 Å². The quantitative estimate of drug-likeness (QED) is 0.647. The van der Waals surface area contributed by atoms with Gasteiger partial charge in [0.15, 0.2) is 9.84 Å². The van der Waals surface area contributed by atoms with Crippen molar-refractivity contribution in [1.82, 2.24) is 0 Å². The molecule has 2 N–H and O–H groups in total. The van der Waals surface area contributed by atoms with Gasteiger partial charge in [0.05, 0.1) is 16.3 Å². The normalized spacial score (nSPS) is 11.6. The number of halogens is 1. The van der Waals surface area contributed by atoms with E-state index in [2.05, 4.69) is 0 Å². The second-order valence-electron chi connectivity index (χ2n) is 3.55. The average Bonchev–Trinajstić information content (AvgIpc) is 2.28. The molecule has 0 atom stereocenters. The molecular weight excluding hydrogens is 278 g/mol. The number of hydrogen-bond donors (Lipinski definition) is 1.